The Hall–Kier alpha value is -4.86. The summed E-state index contributed by atoms with van der Waals surface area (Å²) in [7, 11) is 0. The van der Waals surface area contributed by atoms with E-state index in [0.717, 1.165) is 4.90 Å². The van der Waals surface area contributed by atoms with E-state index >= 15 is 0 Å². The highest BCUT2D eigenvalue weighted by molar-refractivity contribution is 6.12. The van der Waals surface area contributed by atoms with E-state index < -0.39 is 35.8 Å². The van der Waals surface area contributed by atoms with Crippen molar-refractivity contribution < 1.29 is 28.7 Å². The van der Waals surface area contributed by atoms with Crippen LogP contribution in [0.15, 0.2) is 72.8 Å². The molecule has 0 saturated carbocycles. The van der Waals surface area contributed by atoms with Gasteiger partial charge in [-0.2, -0.15) is 0 Å². The number of para-hydroxylation sites is 2. The zero-order valence-electron chi connectivity index (χ0n) is 19.2. The molecule has 3 aromatic rings. The summed E-state index contributed by atoms with van der Waals surface area (Å²) in [6.07, 6.45) is 0. The largest absolute Gasteiger partial charge is 0.454 e. The number of benzene rings is 3. The normalized spacial score (nSPS) is 18.1. The molecule has 1 saturated heterocycles. The maximum atomic E-state index is 13.2. The Kier molecular flexibility index (Phi) is 5.77. The molecule has 3 N–H and O–H groups in total. The van der Waals surface area contributed by atoms with Crippen molar-refractivity contribution in [3.8, 4) is 11.5 Å². The lowest BCUT2D eigenvalue weighted by molar-refractivity contribution is -0.133. The first-order chi connectivity index (χ1) is 17.3. The number of nitrogens with one attached hydrogen (secondary N) is 3. The Morgan fingerprint density at radius 1 is 0.944 bits per heavy atom. The Balaban J connectivity index is 1.29. The van der Waals surface area contributed by atoms with E-state index in [1.807, 2.05) is 6.07 Å². The zero-order valence-corrected chi connectivity index (χ0v) is 19.2. The fourth-order valence-electron chi connectivity index (χ4n) is 4.09. The van der Waals surface area contributed by atoms with Gasteiger partial charge in [0.25, 0.3) is 11.8 Å². The topological polar surface area (TPSA) is 126 Å². The lowest BCUT2D eigenvalue weighted by atomic mass is 9.91. The Labute approximate surface area is 206 Å². The molecule has 10 heteroatoms. The van der Waals surface area contributed by atoms with Crippen molar-refractivity contribution in [3.05, 3.63) is 83.9 Å². The third-order valence-corrected chi connectivity index (χ3v) is 6.00. The van der Waals surface area contributed by atoms with E-state index in [-0.39, 0.29) is 18.0 Å². The summed E-state index contributed by atoms with van der Waals surface area (Å²) in [5.74, 6) is -0.616. The van der Waals surface area contributed by atoms with Gasteiger partial charge < -0.3 is 25.4 Å². The first kappa shape index (κ1) is 22.9. The number of carbonyl (C=O) groups is 4. The molecule has 0 unspecified atom stereocenters. The van der Waals surface area contributed by atoms with Crippen molar-refractivity contribution in [3.63, 3.8) is 0 Å². The number of amides is 5. The second-order valence-electron chi connectivity index (χ2n) is 8.43. The van der Waals surface area contributed by atoms with Crippen LogP contribution in [0.4, 0.5) is 16.2 Å². The van der Waals surface area contributed by atoms with E-state index in [9.17, 15) is 19.2 Å². The molecule has 5 rings (SSSR count). The van der Waals surface area contributed by atoms with Gasteiger partial charge in [0.05, 0.1) is 11.3 Å². The molecule has 0 spiro atoms. The standard InChI is InChI=1S/C26H22N4O6/c1-26(16-11-12-20-21(13-16)36-15-35-20)24(33)30(25(34)29-26)14-22(31)28-19-10-6-5-9-18(19)23(32)27-17-7-3-2-4-8-17/h2-13H,14-15H2,1H3,(H,27,32)(H,28,31)(H,29,34)/t26-/m1/s1. The van der Waals surface area contributed by atoms with Crippen LogP contribution in [0.1, 0.15) is 22.8 Å². The van der Waals surface area contributed by atoms with Crippen LogP contribution in [0.5, 0.6) is 11.5 Å². The number of ether oxygens (including phenoxy) is 2. The molecule has 182 valence electrons. The molecule has 1 fully saturated rings. The summed E-state index contributed by atoms with van der Waals surface area (Å²) in [6.45, 7) is 1.11. The molecule has 1 atom stereocenters. The van der Waals surface area contributed by atoms with E-state index in [4.69, 9.17) is 9.47 Å². The second-order valence-corrected chi connectivity index (χ2v) is 8.43. The van der Waals surface area contributed by atoms with Crippen molar-refractivity contribution in [2.24, 2.45) is 0 Å². The summed E-state index contributed by atoms with van der Waals surface area (Å²) in [5, 5.41) is 8.06. The fraction of sp³-hybridized carbons (Fsp3) is 0.154. The number of hydrogen-bond donors (Lipinski definition) is 3. The Morgan fingerprint density at radius 2 is 1.67 bits per heavy atom. The molecule has 0 radical (unpaired) electrons. The minimum atomic E-state index is -1.38. The van der Waals surface area contributed by atoms with Gasteiger partial charge in [0.1, 0.15) is 12.1 Å². The molecule has 36 heavy (non-hydrogen) atoms. The van der Waals surface area contributed by atoms with Crippen LogP contribution in [0.3, 0.4) is 0 Å². The Morgan fingerprint density at radius 3 is 2.47 bits per heavy atom. The third kappa shape index (κ3) is 4.20. The summed E-state index contributed by atoms with van der Waals surface area (Å²) in [4.78, 5) is 52.4. The van der Waals surface area contributed by atoms with Gasteiger partial charge in [-0.05, 0) is 48.9 Å². The van der Waals surface area contributed by atoms with Crippen molar-refractivity contribution in [2.75, 3.05) is 24.0 Å². The number of imide groups is 1. The predicted molar refractivity (Wildman–Crippen MR) is 130 cm³/mol. The van der Waals surface area contributed by atoms with E-state index in [1.165, 1.54) is 0 Å². The molecule has 2 aliphatic rings. The van der Waals surface area contributed by atoms with Gasteiger partial charge in [-0.25, -0.2) is 4.79 Å². The lowest BCUT2D eigenvalue weighted by Gasteiger charge is -2.22. The number of fused-ring (bicyclic) bond motifs is 1. The molecule has 0 aliphatic carbocycles. The minimum absolute atomic E-state index is 0.0763. The summed E-state index contributed by atoms with van der Waals surface area (Å²) < 4.78 is 10.7. The SMILES string of the molecule is C[C@]1(c2ccc3c(c2)OCO3)NC(=O)N(CC(=O)Nc2ccccc2C(=O)Nc2ccccc2)C1=O. The Bertz CT molecular complexity index is 1380. The number of carbonyl (C=O) groups excluding carboxylic acids is 4. The molecule has 2 aliphatic heterocycles. The summed E-state index contributed by atoms with van der Waals surface area (Å²) in [6, 6.07) is 19.6. The highest BCUT2D eigenvalue weighted by Crippen LogP contribution is 2.37. The number of rotatable bonds is 6. The van der Waals surface area contributed by atoms with Gasteiger partial charge in [0, 0.05) is 5.69 Å². The van der Waals surface area contributed by atoms with Crippen molar-refractivity contribution in [1.82, 2.24) is 10.2 Å². The van der Waals surface area contributed by atoms with Gasteiger partial charge in [-0.1, -0.05) is 36.4 Å². The van der Waals surface area contributed by atoms with Crippen molar-refractivity contribution in [1.29, 1.82) is 0 Å². The van der Waals surface area contributed by atoms with Crippen LogP contribution in [0.2, 0.25) is 0 Å². The van der Waals surface area contributed by atoms with Crippen LogP contribution >= 0.6 is 0 Å². The smallest absolute Gasteiger partial charge is 0.325 e. The van der Waals surface area contributed by atoms with Crippen LogP contribution in [-0.2, 0) is 15.1 Å². The average Bonchev–Trinajstić information content (AvgIpc) is 3.43. The average molecular weight is 486 g/mol. The van der Waals surface area contributed by atoms with Gasteiger partial charge in [0.15, 0.2) is 11.5 Å². The zero-order chi connectivity index (χ0) is 25.3. The van der Waals surface area contributed by atoms with E-state index in [2.05, 4.69) is 16.0 Å². The number of nitrogens with zero attached hydrogens (tertiary/aromatic N) is 1. The number of urea groups is 1. The first-order valence-electron chi connectivity index (χ1n) is 11.1. The van der Waals surface area contributed by atoms with Gasteiger partial charge in [-0.15, -0.1) is 0 Å². The summed E-state index contributed by atoms with van der Waals surface area (Å²) >= 11 is 0. The van der Waals surface area contributed by atoms with E-state index in [0.29, 0.717) is 22.7 Å². The molecule has 2 heterocycles. The number of hydrogen-bond acceptors (Lipinski definition) is 6. The van der Waals surface area contributed by atoms with Crippen molar-refractivity contribution in [2.45, 2.75) is 12.5 Å². The maximum Gasteiger partial charge on any atom is 0.325 e. The molecule has 0 aromatic heterocycles. The van der Waals surface area contributed by atoms with Crippen LogP contribution in [0.25, 0.3) is 0 Å². The summed E-state index contributed by atoms with van der Waals surface area (Å²) in [5.41, 5.74) is 0.201. The molecule has 0 bridgehead atoms. The lowest BCUT2D eigenvalue weighted by Crippen LogP contribution is -2.42. The van der Waals surface area contributed by atoms with E-state index in [1.54, 1.807) is 73.7 Å². The first-order valence-corrected chi connectivity index (χ1v) is 11.1. The number of anilines is 2. The van der Waals surface area contributed by atoms with Crippen LogP contribution in [0, 0.1) is 0 Å². The van der Waals surface area contributed by atoms with Crippen LogP contribution < -0.4 is 25.4 Å². The highest BCUT2D eigenvalue weighted by atomic mass is 16.7. The minimum Gasteiger partial charge on any atom is -0.454 e. The monoisotopic (exact) mass is 486 g/mol. The third-order valence-electron chi connectivity index (χ3n) is 6.00. The predicted octanol–water partition coefficient (Wildman–Crippen LogP) is 3.07. The quantitative estimate of drug-likeness (QED) is 0.460. The molecular weight excluding hydrogens is 464 g/mol. The molecule has 10 nitrogen and oxygen atoms in total. The van der Waals surface area contributed by atoms with Gasteiger partial charge in [0.2, 0.25) is 12.7 Å². The fourth-order valence-corrected chi connectivity index (χ4v) is 4.09. The highest BCUT2D eigenvalue weighted by Gasteiger charge is 2.50. The molecular formula is C26H22N4O6. The molecule has 5 amide bonds. The van der Waals surface area contributed by atoms with Crippen LogP contribution in [-0.4, -0.2) is 42.0 Å². The maximum absolute atomic E-state index is 13.2. The van der Waals surface area contributed by atoms with Crippen molar-refractivity contribution >= 4 is 35.1 Å². The molecule has 3 aromatic carbocycles. The van der Waals surface area contributed by atoms with Gasteiger partial charge in [-0.3, -0.25) is 19.3 Å². The second kappa shape index (κ2) is 9.06. The van der Waals surface area contributed by atoms with Gasteiger partial charge >= 0.3 is 6.03 Å².